The van der Waals surface area contributed by atoms with E-state index in [1.54, 1.807) is 12.3 Å². The molecule has 104 valence electrons. The molecule has 1 unspecified atom stereocenters. The summed E-state index contributed by atoms with van der Waals surface area (Å²) in [5.74, 6) is -0.438. The summed E-state index contributed by atoms with van der Waals surface area (Å²) in [6.07, 6.45) is 6.96. The van der Waals surface area contributed by atoms with Gasteiger partial charge in [-0.3, -0.25) is 14.7 Å². The number of primary amides is 1. The van der Waals surface area contributed by atoms with Gasteiger partial charge in [0.25, 0.3) is 5.91 Å². The Morgan fingerprint density at radius 3 is 3.16 bits per heavy atom. The summed E-state index contributed by atoms with van der Waals surface area (Å²) in [5, 5.41) is 3.35. The second kappa shape index (κ2) is 6.52. The number of likely N-dealkylation sites (N-methyl/N-ethyl adjacent to an activating group) is 1. The van der Waals surface area contributed by atoms with E-state index in [2.05, 4.69) is 22.1 Å². The fourth-order valence-electron chi connectivity index (χ4n) is 2.68. The van der Waals surface area contributed by atoms with Crippen LogP contribution in [0, 0.1) is 0 Å². The number of pyridine rings is 1. The van der Waals surface area contributed by atoms with Crippen molar-refractivity contribution in [2.75, 3.05) is 25.0 Å². The number of carbonyl (C=O) groups is 1. The monoisotopic (exact) mass is 262 g/mol. The van der Waals surface area contributed by atoms with Crippen molar-refractivity contribution < 1.29 is 4.79 Å². The lowest BCUT2D eigenvalue weighted by Crippen LogP contribution is -2.43. The smallest absolute Gasteiger partial charge is 0.252 e. The van der Waals surface area contributed by atoms with Crippen molar-refractivity contribution in [3.63, 3.8) is 0 Å². The first-order valence-corrected chi connectivity index (χ1v) is 6.94. The normalized spacial score (nSPS) is 20.2. The van der Waals surface area contributed by atoms with Gasteiger partial charge in [-0.1, -0.05) is 13.3 Å². The quantitative estimate of drug-likeness (QED) is 0.843. The Labute approximate surface area is 114 Å². The zero-order valence-corrected chi connectivity index (χ0v) is 11.4. The number of nitrogens with zero attached hydrogens (tertiary/aromatic N) is 2. The second-order valence-corrected chi connectivity index (χ2v) is 4.94. The molecule has 2 rings (SSSR count). The predicted octanol–water partition coefficient (Wildman–Crippen LogP) is 1.47. The highest BCUT2D eigenvalue weighted by molar-refractivity contribution is 5.98. The van der Waals surface area contributed by atoms with Crippen LogP contribution in [0.1, 0.15) is 36.5 Å². The molecule has 19 heavy (non-hydrogen) atoms. The highest BCUT2D eigenvalue weighted by Gasteiger charge is 2.21. The third-order valence-electron chi connectivity index (χ3n) is 3.77. The summed E-state index contributed by atoms with van der Waals surface area (Å²) in [7, 11) is 0. The van der Waals surface area contributed by atoms with E-state index in [9.17, 15) is 4.79 Å². The maximum atomic E-state index is 11.3. The number of rotatable bonds is 5. The summed E-state index contributed by atoms with van der Waals surface area (Å²) in [6, 6.07) is 2.34. The van der Waals surface area contributed by atoms with Crippen molar-refractivity contribution in [2.45, 2.75) is 32.2 Å². The van der Waals surface area contributed by atoms with Gasteiger partial charge in [0.2, 0.25) is 0 Å². The summed E-state index contributed by atoms with van der Waals surface area (Å²) >= 11 is 0. The topological polar surface area (TPSA) is 71.2 Å². The van der Waals surface area contributed by atoms with Crippen LogP contribution < -0.4 is 11.1 Å². The van der Waals surface area contributed by atoms with Gasteiger partial charge in [-0.15, -0.1) is 0 Å². The first kappa shape index (κ1) is 13.8. The first-order chi connectivity index (χ1) is 9.22. The Bertz CT molecular complexity index is 435. The molecule has 1 amide bonds. The molecule has 0 aliphatic carbocycles. The number of aromatic nitrogens is 1. The molecular weight excluding hydrogens is 240 g/mol. The van der Waals surface area contributed by atoms with E-state index in [1.807, 2.05) is 0 Å². The number of hydrogen-bond donors (Lipinski definition) is 2. The lowest BCUT2D eigenvalue weighted by Gasteiger charge is -2.35. The number of hydrogen-bond acceptors (Lipinski definition) is 4. The summed E-state index contributed by atoms with van der Waals surface area (Å²) in [5.41, 5.74) is 6.59. The molecule has 1 aromatic heterocycles. The molecule has 1 aliphatic heterocycles. The summed E-state index contributed by atoms with van der Waals surface area (Å²) in [6.45, 7) is 5.28. The van der Waals surface area contributed by atoms with E-state index >= 15 is 0 Å². The Morgan fingerprint density at radius 2 is 2.42 bits per heavy atom. The van der Waals surface area contributed by atoms with E-state index in [0.717, 1.165) is 18.8 Å². The highest BCUT2D eigenvalue weighted by atomic mass is 16.1. The lowest BCUT2D eigenvalue weighted by molar-refractivity contribution is 0.100. The maximum absolute atomic E-state index is 11.3. The average Bonchev–Trinajstić information content (AvgIpc) is 2.45. The van der Waals surface area contributed by atoms with E-state index < -0.39 is 5.91 Å². The van der Waals surface area contributed by atoms with Crippen LogP contribution in [0.3, 0.4) is 0 Å². The van der Waals surface area contributed by atoms with Gasteiger partial charge in [-0.2, -0.15) is 0 Å². The zero-order valence-electron chi connectivity index (χ0n) is 11.4. The lowest BCUT2D eigenvalue weighted by atomic mass is 10.0. The number of carbonyl (C=O) groups excluding carboxylic acids is 1. The molecule has 0 saturated carbocycles. The standard InChI is InChI=1S/C14H22N4O/c1-2-18-8-4-3-5-11(18)9-17-13-6-7-16-10-12(13)14(15)19/h6-7,10-11H,2-5,8-9H2,1H3,(H2,15,19)(H,16,17). The van der Waals surface area contributed by atoms with Gasteiger partial charge in [-0.05, 0) is 32.0 Å². The van der Waals surface area contributed by atoms with Gasteiger partial charge in [0, 0.05) is 25.0 Å². The van der Waals surface area contributed by atoms with Crippen molar-refractivity contribution in [1.82, 2.24) is 9.88 Å². The van der Waals surface area contributed by atoms with Crippen LogP contribution in [0.15, 0.2) is 18.5 Å². The minimum absolute atomic E-state index is 0.438. The van der Waals surface area contributed by atoms with Crippen LogP contribution in [0.5, 0.6) is 0 Å². The van der Waals surface area contributed by atoms with E-state index in [4.69, 9.17) is 5.73 Å². The van der Waals surface area contributed by atoms with Gasteiger partial charge in [0.15, 0.2) is 0 Å². The van der Waals surface area contributed by atoms with Crippen LogP contribution >= 0.6 is 0 Å². The van der Waals surface area contributed by atoms with E-state index in [1.165, 1.54) is 32.0 Å². The molecule has 2 heterocycles. The van der Waals surface area contributed by atoms with Crippen molar-refractivity contribution >= 4 is 11.6 Å². The van der Waals surface area contributed by atoms with Crippen LogP contribution in [-0.2, 0) is 0 Å². The molecule has 0 spiro atoms. The van der Waals surface area contributed by atoms with Crippen LogP contribution in [0.4, 0.5) is 5.69 Å². The third-order valence-corrected chi connectivity index (χ3v) is 3.77. The van der Waals surface area contributed by atoms with Gasteiger partial charge < -0.3 is 11.1 Å². The fourth-order valence-corrected chi connectivity index (χ4v) is 2.68. The van der Waals surface area contributed by atoms with Gasteiger partial charge in [0.05, 0.1) is 11.3 Å². The second-order valence-electron chi connectivity index (χ2n) is 4.94. The van der Waals surface area contributed by atoms with Crippen LogP contribution in [-0.4, -0.2) is 41.5 Å². The molecule has 3 N–H and O–H groups in total. The fraction of sp³-hybridized carbons (Fsp3) is 0.571. The average molecular weight is 262 g/mol. The minimum Gasteiger partial charge on any atom is -0.383 e. The number of likely N-dealkylation sites (tertiary alicyclic amines) is 1. The molecule has 1 atom stereocenters. The van der Waals surface area contributed by atoms with E-state index in [-0.39, 0.29) is 0 Å². The van der Waals surface area contributed by atoms with Crippen molar-refractivity contribution in [1.29, 1.82) is 0 Å². The third kappa shape index (κ3) is 3.44. The van der Waals surface area contributed by atoms with Crippen molar-refractivity contribution in [3.8, 4) is 0 Å². The Balaban J connectivity index is 2.00. The largest absolute Gasteiger partial charge is 0.383 e. The Hall–Kier alpha value is -1.62. The molecule has 5 heteroatoms. The number of piperidine rings is 1. The SMILES string of the molecule is CCN1CCCCC1CNc1ccncc1C(N)=O. The summed E-state index contributed by atoms with van der Waals surface area (Å²) in [4.78, 5) is 17.8. The van der Waals surface area contributed by atoms with Crippen molar-refractivity contribution in [3.05, 3.63) is 24.0 Å². The number of amides is 1. The molecule has 0 aromatic carbocycles. The molecular formula is C14H22N4O. The summed E-state index contributed by atoms with van der Waals surface area (Å²) < 4.78 is 0. The number of anilines is 1. The van der Waals surface area contributed by atoms with Gasteiger partial charge >= 0.3 is 0 Å². The molecule has 0 radical (unpaired) electrons. The van der Waals surface area contributed by atoms with Crippen LogP contribution in [0.2, 0.25) is 0 Å². The minimum atomic E-state index is -0.438. The number of nitrogens with one attached hydrogen (secondary N) is 1. The molecule has 1 aromatic rings. The maximum Gasteiger partial charge on any atom is 0.252 e. The zero-order chi connectivity index (χ0) is 13.7. The number of nitrogens with two attached hydrogens (primary N) is 1. The van der Waals surface area contributed by atoms with Gasteiger partial charge in [0.1, 0.15) is 0 Å². The Morgan fingerprint density at radius 1 is 1.58 bits per heavy atom. The Kier molecular flexibility index (Phi) is 4.74. The highest BCUT2D eigenvalue weighted by Crippen LogP contribution is 2.18. The van der Waals surface area contributed by atoms with Gasteiger partial charge in [-0.25, -0.2) is 0 Å². The van der Waals surface area contributed by atoms with Crippen LogP contribution in [0.25, 0.3) is 0 Å². The molecule has 1 aliphatic rings. The molecule has 1 fully saturated rings. The molecule has 5 nitrogen and oxygen atoms in total. The molecule has 0 bridgehead atoms. The molecule has 1 saturated heterocycles. The van der Waals surface area contributed by atoms with E-state index in [0.29, 0.717) is 11.6 Å². The predicted molar refractivity (Wildman–Crippen MR) is 76.1 cm³/mol. The van der Waals surface area contributed by atoms with Crippen molar-refractivity contribution in [2.24, 2.45) is 5.73 Å². The first-order valence-electron chi connectivity index (χ1n) is 6.94.